The van der Waals surface area contributed by atoms with Crippen molar-refractivity contribution in [2.45, 2.75) is 38.7 Å². The molecular formula is C12H18O2. The van der Waals surface area contributed by atoms with Crippen LogP contribution in [0.2, 0.25) is 0 Å². The van der Waals surface area contributed by atoms with Gasteiger partial charge in [-0.3, -0.25) is 0 Å². The van der Waals surface area contributed by atoms with Crippen molar-refractivity contribution >= 4 is 0 Å². The third kappa shape index (κ3) is 1.71. The lowest BCUT2D eigenvalue weighted by Gasteiger charge is -2.37. The Hall–Kier alpha value is -0.760. The summed E-state index contributed by atoms with van der Waals surface area (Å²) < 4.78 is 5.32. The molecule has 1 aromatic rings. The van der Waals surface area contributed by atoms with E-state index in [1.165, 1.54) is 6.42 Å². The first-order chi connectivity index (χ1) is 6.60. The summed E-state index contributed by atoms with van der Waals surface area (Å²) in [5, 5.41) is 10.5. The molecule has 1 aromatic heterocycles. The Morgan fingerprint density at radius 1 is 1.36 bits per heavy atom. The summed E-state index contributed by atoms with van der Waals surface area (Å²) in [7, 11) is 0. The van der Waals surface area contributed by atoms with Gasteiger partial charge in [0.05, 0.1) is 6.26 Å². The number of rotatable bonds is 1. The molecule has 1 aliphatic carbocycles. The van der Waals surface area contributed by atoms with Gasteiger partial charge >= 0.3 is 0 Å². The first-order valence-electron chi connectivity index (χ1n) is 5.36. The van der Waals surface area contributed by atoms with Crippen molar-refractivity contribution in [2.24, 2.45) is 11.8 Å². The largest absolute Gasteiger partial charge is 0.466 e. The van der Waals surface area contributed by atoms with Gasteiger partial charge in [0.2, 0.25) is 0 Å². The Morgan fingerprint density at radius 3 is 2.50 bits per heavy atom. The summed E-state index contributed by atoms with van der Waals surface area (Å²) in [5.74, 6) is 1.89. The summed E-state index contributed by atoms with van der Waals surface area (Å²) in [5.41, 5.74) is -0.722. The van der Waals surface area contributed by atoms with Gasteiger partial charge < -0.3 is 9.52 Å². The van der Waals surface area contributed by atoms with Crippen LogP contribution in [0.4, 0.5) is 0 Å². The maximum atomic E-state index is 10.5. The van der Waals surface area contributed by atoms with E-state index in [-0.39, 0.29) is 0 Å². The maximum absolute atomic E-state index is 10.5. The molecule has 78 valence electrons. The molecule has 14 heavy (non-hydrogen) atoms. The normalized spacial score (nSPS) is 38.5. The van der Waals surface area contributed by atoms with Crippen molar-refractivity contribution < 1.29 is 9.52 Å². The van der Waals surface area contributed by atoms with Crippen molar-refractivity contribution in [3.63, 3.8) is 0 Å². The lowest BCUT2D eigenvalue weighted by Crippen LogP contribution is -2.34. The van der Waals surface area contributed by atoms with Crippen LogP contribution in [0.1, 0.15) is 38.9 Å². The summed E-state index contributed by atoms with van der Waals surface area (Å²) in [6, 6.07) is 3.72. The molecule has 2 rings (SSSR count). The van der Waals surface area contributed by atoms with Gasteiger partial charge in [-0.1, -0.05) is 13.8 Å². The molecular weight excluding hydrogens is 176 g/mol. The molecule has 0 amide bonds. The van der Waals surface area contributed by atoms with Crippen LogP contribution in [-0.2, 0) is 5.60 Å². The molecule has 1 N–H and O–H groups in total. The fourth-order valence-corrected chi connectivity index (χ4v) is 2.83. The number of hydrogen-bond acceptors (Lipinski definition) is 2. The fourth-order valence-electron chi connectivity index (χ4n) is 2.83. The van der Waals surface area contributed by atoms with E-state index in [1.54, 1.807) is 6.26 Å². The average Bonchev–Trinajstić information content (AvgIpc) is 2.52. The Bertz CT molecular complexity index is 279. The second-order valence-electron chi connectivity index (χ2n) is 4.86. The predicted octanol–water partition coefficient (Wildman–Crippen LogP) is 2.92. The second-order valence-corrected chi connectivity index (χ2v) is 4.86. The summed E-state index contributed by atoms with van der Waals surface area (Å²) in [4.78, 5) is 0. The molecule has 2 unspecified atom stereocenters. The molecule has 2 nitrogen and oxygen atoms in total. The molecule has 1 fully saturated rings. The van der Waals surface area contributed by atoms with E-state index in [1.807, 2.05) is 12.1 Å². The van der Waals surface area contributed by atoms with Gasteiger partial charge in [-0.25, -0.2) is 0 Å². The molecule has 0 spiro atoms. The van der Waals surface area contributed by atoms with E-state index in [0.29, 0.717) is 11.8 Å². The standard InChI is InChI=1S/C12H18O2/c1-9-6-10(2)8-12(13,7-9)11-4-3-5-14-11/h3-5,9-10,13H,6-8H2,1-2H3. The monoisotopic (exact) mass is 194 g/mol. The minimum atomic E-state index is -0.722. The van der Waals surface area contributed by atoms with E-state index in [0.717, 1.165) is 18.6 Å². The van der Waals surface area contributed by atoms with Gasteiger partial charge in [0.1, 0.15) is 11.4 Å². The number of hydrogen-bond donors (Lipinski definition) is 1. The second kappa shape index (κ2) is 3.43. The van der Waals surface area contributed by atoms with E-state index >= 15 is 0 Å². The van der Waals surface area contributed by atoms with Gasteiger partial charge in [0, 0.05) is 0 Å². The zero-order chi connectivity index (χ0) is 10.2. The predicted molar refractivity (Wildman–Crippen MR) is 54.8 cm³/mol. The minimum absolute atomic E-state index is 0.578. The summed E-state index contributed by atoms with van der Waals surface area (Å²) in [6.45, 7) is 4.40. The molecule has 1 heterocycles. The quantitative estimate of drug-likeness (QED) is 0.745. The van der Waals surface area contributed by atoms with Crippen LogP contribution in [0, 0.1) is 11.8 Å². The zero-order valence-electron chi connectivity index (χ0n) is 8.86. The molecule has 0 aromatic carbocycles. The van der Waals surface area contributed by atoms with E-state index in [2.05, 4.69) is 13.8 Å². The van der Waals surface area contributed by atoms with Crippen molar-refractivity contribution in [1.29, 1.82) is 0 Å². The molecule has 0 saturated heterocycles. The van der Waals surface area contributed by atoms with Crippen LogP contribution >= 0.6 is 0 Å². The molecule has 0 radical (unpaired) electrons. The first-order valence-corrected chi connectivity index (χ1v) is 5.36. The average molecular weight is 194 g/mol. The van der Waals surface area contributed by atoms with Crippen molar-refractivity contribution in [3.8, 4) is 0 Å². The molecule has 2 heteroatoms. The van der Waals surface area contributed by atoms with Crippen LogP contribution in [0.25, 0.3) is 0 Å². The topological polar surface area (TPSA) is 33.4 Å². The van der Waals surface area contributed by atoms with Gasteiger partial charge in [-0.2, -0.15) is 0 Å². The third-order valence-electron chi connectivity index (χ3n) is 3.16. The van der Waals surface area contributed by atoms with Crippen LogP contribution in [0.3, 0.4) is 0 Å². The highest BCUT2D eigenvalue weighted by Crippen LogP contribution is 2.42. The SMILES string of the molecule is CC1CC(C)CC(O)(c2ccco2)C1. The summed E-state index contributed by atoms with van der Waals surface area (Å²) in [6.07, 6.45) is 4.50. The lowest BCUT2D eigenvalue weighted by molar-refractivity contribution is -0.0525. The minimum Gasteiger partial charge on any atom is -0.466 e. The summed E-state index contributed by atoms with van der Waals surface area (Å²) >= 11 is 0. The lowest BCUT2D eigenvalue weighted by atomic mass is 9.73. The van der Waals surface area contributed by atoms with Crippen LogP contribution in [-0.4, -0.2) is 5.11 Å². The van der Waals surface area contributed by atoms with Gasteiger partial charge in [-0.05, 0) is 43.2 Å². The highest BCUT2D eigenvalue weighted by molar-refractivity contribution is 5.11. The maximum Gasteiger partial charge on any atom is 0.135 e. The van der Waals surface area contributed by atoms with Crippen molar-refractivity contribution in [3.05, 3.63) is 24.2 Å². The van der Waals surface area contributed by atoms with Gasteiger partial charge in [0.15, 0.2) is 0 Å². The third-order valence-corrected chi connectivity index (χ3v) is 3.16. The van der Waals surface area contributed by atoms with Gasteiger partial charge in [0.25, 0.3) is 0 Å². The molecule has 0 aliphatic heterocycles. The fraction of sp³-hybridized carbons (Fsp3) is 0.667. The first kappa shape index (κ1) is 9.78. The highest BCUT2D eigenvalue weighted by atomic mass is 16.4. The number of furan rings is 1. The molecule has 1 saturated carbocycles. The zero-order valence-corrected chi connectivity index (χ0v) is 8.86. The Morgan fingerprint density at radius 2 is 2.00 bits per heavy atom. The Kier molecular flexibility index (Phi) is 2.40. The van der Waals surface area contributed by atoms with E-state index in [9.17, 15) is 5.11 Å². The Balaban J connectivity index is 2.22. The molecule has 1 aliphatic rings. The van der Waals surface area contributed by atoms with Crippen LogP contribution in [0.15, 0.2) is 22.8 Å². The van der Waals surface area contributed by atoms with Crippen LogP contribution in [0.5, 0.6) is 0 Å². The van der Waals surface area contributed by atoms with Gasteiger partial charge in [-0.15, -0.1) is 0 Å². The molecule has 2 atom stereocenters. The van der Waals surface area contributed by atoms with Crippen LogP contribution < -0.4 is 0 Å². The van der Waals surface area contributed by atoms with E-state index in [4.69, 9.17) is 4.42 Å². The van der Waals surface area contributed by atoms with Crippen molar-refractivity contribution in [1.82, 2.24) is 0 Å². The number of aliphatic hydroxyl groups is 1. The van der Waals surface area contributed by atoms with Crippen molar-refractivity contribution in [2.75, 3.05) is 0 Å². The smallest absolute Gasteiger partial charge is 0.135 e. The molecule has 0 bridgehead atoms. The highest BCUT2D eigenvalue weighted by Gasteiger charge is 2.39. The Labute approximate surface area is 84.9 Å². The van der Waals surface area contributed by atoms with E-state index < -0.39 is 5.60 Å².